The third-order valence-electron chi connectivity index (χ3n) is 6.79. The number of likely N-dealkylation sites (N-methyl/N-ethyl adjacent to an activating group) is 1. The van der Waals surface area contributed by atoms with Crippen LogP contribution in [0.5, 0.6) is 5.75 Å². The van der Waals surface area contributed by atoms with Crippen molar-refractivity contribution in [3.05, 3.63) is 59.2 Å². The van der Waals surface area contributed by atoms with Gasteiger partial charge in [-0.1, -0.05) is 42.8 Å². The zero-order valence-corrected chi connectivity index (χ0v) is 24.5. The van der Waals surface area contributed by atoms with Crippen LogP contribution in [0.25, 0.3) is 0 Å². The average molecular weight is 529 g/mol. The van der Waals surface area contributed by atoms with E-state index < -0.39 is 0 Å². The summed E-state index contributed by atoms with van der Waals surface area (Å²) in [5.74, 6) is 1.02. The van der Waals surface area contributed by atoms with Crippen molar-refractivity contribution >= 4 is 11.6 Å². The van der Waals surface area contributed by atoms with Gasteiger partial charge in [-0.25, -0.2) is 0 Å². The molecule has 1 aliphatic rings. The van der Waals surface area contributed by atoms with Crippen molar-refractivity contribution < 1.29 is 46.7 Å². The van der Waals surface area contributed by atoms with Crippen LogP contribution < -0.4 is 10.1 Å². The molecular weight excluding hydrogens is 485 g/mol. The van der Waals surface area contributed by atoms with Crippen LogP contribution in [0.4, 0.5) is 5.69 Å². The monoisotopic (exact) mass is 528 g/mol. The van der Waals surface area contributed by atoms with Gasteiger partial charge in [0, 0.05) is 44.8 Å². The van der Waals surface area contributed by atoms with Crippen LogP contribution in [-0.2, 0) is 37.5 Å². The van der Waals surface area contributed by atoms with Gasteiger partial charge in [-0.05, 0) is 76.6 Å². The number of amides is 1. The SMILES string of the molecule is CCCC(C(=O)Nc1c(C)cc(OC)cc1C)[N+]1(CC)CCCCC1.Cc1ccccc1.[Y]. The van der Waals surface area contributed by atoms with Gasteiger partial charge in [0.05, 0.1) is 26.7 Å². The zero-order valence-electron chi connectivity index (χ0n) is 21.6. The summed E-state index contributed by atoms with van der Waals surface area (Å²) in [4.78, 5) is 13.3. The Morgan fingerprint density at radius 3 is 2.00 bits per heavy atom. The van der Waals surface area contributed by atoms with Crippen molar-refractivity contribution in [2.75, 3.05) is 32.1 Å². The quantitative estimate of drug-likeness (QED) is 0.421. The first-order valence-electron chi connectivity index (χ1n) is 12.2. The molecule has 0 bridgehead atoms. The van der Waals surface area contributed by atoms with Crippen molar-refractivity contribution in [2.45, 2.75) is 72.8 Å². The number of anilines is 1. The van der Waals surface area contributed by atoms with Gasteiger partial charge in [-0.3, -0.25) is 4.79 Å². The molecule has 2 aromatic rings. The first kappa shape index (κ1) is 29.8. The van der Waals surface area contributed by atoms with Gasteiger partial charge in [0.15, 0.2) is 6.04 Å². The van der Waals surface area contributed by atoms with Crippen LogP contribution in [0.15, 0.2) is 42.5 Å². The molecule has 2 aromatic carbocycles. The second-order valence-electron chi connectivity index (χ2n) is 9.13. The van der Waals surface area contributed by atoms with E-state index in [1.165, 1.54) is 24.8 Å². The van der Waals surface area contributed by atoms with E-state index >= 15 is 0 Å². The predicted octanol–water partition coefficient (Wildman–Crippen LogP) is 6.43. The predicted molar refractivity (Wildman–Crippen MR) is 135 cm³/mol. The summed E-state index contributed by atoms with van der Waals surface area (Å²) in [5.41, 5.74) is 4.38. The third-order valence-corrected chi connectivity index (χ3v) is 6.79. The number of likely N-dealkylation sites (tertiary alicyclic amines) is 1. The number of carbonyl (C=O) groups excluding carboxylic acids is 1. The molecule has 1 fully saturated rings. The number of hydrogen-bond donors (Lipinski definition) is 1. The molecule has 1 amide bonds. The Hall–Kier alpha value is -1.23. The van der Waals surface area contributed by atoms with Crippen LogP contribution in [0.3, 0.4) is 0 Å². The van der Waals surface area contributed by atoms with E-state index in [0.29, 0.717) is 0 Å². The summed E-state index contributed by atoms with van der Waals surface area (Å²) < 4.78 is 6.29. The topological polar surface area (TPSA) is 38.3 Å². The molecule has 0 aromatic heterocycles. The van der Waals surface area contributed by atoms with Gasteiger partial charge >= 0.3 is 0 Å². The standard InChI is InChI=1S/C21H34N2O2.C7H8.Y/c1-6-11-19(23(7-2)12-9-8-10-13-23)21(24)22-20-16(3)14-18(25-5)15-17(20)4;1-7-5-3-2-4-6-7;/h14-15,19H,6-13H2,1-5H3;2-6H,1H3;/p+1. The molecule has 0 spiro atoms. The molecule has 1 radical (unpaired) electrons. The fourth-order valence-corrected chi connectivity index (χ4v) is 4.90. The van der Waals surface area contributed by atoms with Crippen LogP contribution in [0, 0.1) is 20.8 Å². The molecule has 5 heteroatoms. The van der Waals surface area contributed by atoms with Gasteiger partial charge in [0.2, 0.25) is 0 Å². The van der Waals surface area contributed by atoms with Crippen molar-refractivity contribution in [3.63, 3.8) is 0 Å². The number of carbonyl (C=O) groups is 1. The van der Waals surface area contributed by atoms with Gasteiger partial charge in [-0.15, -0.1) is 0 Å². The molecule has 179 valence electrons. The maximum absolute atomic E-state index is 13.3. The summed E-state index contributed by atoms with van der Waals surface area (Å²) in [6.45, 7) is 13.9. The molecule has 1 heterocycles. The Morgan fingerprint density at radius 1 is 1.00 bits per heavy atom. The van der Waals surface area contributed by atoms with Crippen molar-refractivity contribution in [3.8, 4) is 5.75 Å². The second-order valence-corrected chi connectivity index (χ2v) is 9.13. The fourth-order valence-electron chi connectivity index (χ4n) is 4.90. The summed E-state index contributed by atoms with van der Waals surface area (Å²) in [7, 11) is 1.68. The molecule has 1 N–H and O–H groups in total. The maximum atomic E-state index is 13.3. The second kappa shape index (κ2) is 14.9. The van der Waals surface area contributed by atoms with E-state index in [1.807, 2.05) is 44.2 Å². The van der Waals surface area contributed by atoms with E-state index in [4.69, 9.17) is 4.74 Å². The van der Waals surface area contributed by atoms with E-state index in [1.54, 1.807) is 7.11 Å². The van der Waals surface area contributed by atoms with E-state index in [2.05, 4.69) is 38.2 Å². The van der Waals surface area contributed by atoms with Gasteiger partial charge in [0.25, 0.3) is 5.91 Å². The minimum Gasteiger partial charge on any atom is -0.497 e. The number of piperidine rings is 1. The Balaban J connectivity index is 0.000000581. The number of nitrogens with zero attached hydrogens (tertiary/aromatic N) is 1. The van der Waals surface area contributed by atoms with E-state index in [0.717, 1.165) is 59.5 Å². The van der Waals surface area contributed by atoms with Crippen LogP contribution >= 0.6 is 0 Å². The first-order chi connectivity index (χ1) is 15.4. The molecule has 4 nitrogen and oxygen atoms in total. The summed E-state index contributed by atoms with van der Waals surface area (Å²) in [6.07, 6.45) is 5.77. The number of nitrogens with one attached hydrogen (secondary N) is 1. The van der Waals surface area contributed by atoms with Crippen molar-refractivity contribution in [1.29, 1.82) is 0 Å². The molecule has 1 aliphatic heterocycles. The van der Waals surface area contributed by atoms with Crippen molar-refractivity contribution in [1.82, 2.24) is 0 Å². The van der Waals surface area contributed by atoms with Crippen LogP contribution in [-0.4, -0.2) is 43.2 Å². The Labute approximate surface area is 227 Å². The summed E-state index contributed by atoms with van der Waals surface area (Å²) in [6, 6.07) is 14.3. The molecule has 0 saturated carbocycles. The number of methoxy groups -OCH3 is 1. The molecule has 1 atom stereocenters. The van der Waals surface area contributed by atoms with E-state index in [9.17, 15) is 4.79 Å². The minimum absolute atomic E-state index is 0. The number of aryl methyl sites for hydroxylation is 3. The van der Waals surface area contributed by atoms with Gasteiger partial charge < -0.3 is 14.5 Å². The number of hydrogen-bond acceptors (Lipinski definition) is 2. The molecule has 1 unspecified atom stereocenters. The summed E-state index contributed by atoms with van der Waals surface area (Å²) >= 11 is 0. The molecule has 0 aliphatic carbocycles. The molecule has 3 rings (SSSR count). The first-order valence-corrected chi connectivity index (χ1v) is 12.2. The Morgan fingerprint density at radius 2 is 1.58 bits per heavy atom. The van der Waals surface area contributed by atoms with Gasteiger partial charge in [0.1, 0.15) is 5.75 Å². The summed E-state index contributed by atoms with van der Waals surface area (Å²) in [5, 5.41) is 3.26. The number of rotatable bonds is 7. The maximum Gasteiger partial charge on any atom is 0.282 e. The van der Waals surface area contributed by atoms with Crippen molar-refractivity contribution in [2.24, 2.45) is 0 Å². The largest absolute Gasteiger partial charge is 0.497 e. The van der Waals surface area contributed by atoms with Gasteiger partial charge in [-0.2, -0.15) is 0 Å². The Kier molecular flexibility index (Phi) is 13.5. The smallest absolute Gasteiger partial charge is 0.282 e. The van der Waals surface area contributed by atoms with E-state index in [-0.39, 0.29) is 44.7 Å². The normalized spacial score (nSPS) is 15.3. The Bertz CT molecular complexity index is 825. The molecule has 1 saturated heterocycles. The average Bonchev–Trinajstić information content (AvgIpc) is 2.81. The third kappa shape index (κ3) is 8.49. The number of ether oxygens (including phenoxy) is 1. The number of benzene rings is 2. The molecule has 33 heavy (non-hydrogen) atoms. The molecular formula is C28H43N2O2Y+. The zero-order chi connectivity index (χ0) is 23.6. The van der Waals surface area contributed by atoms with Crippen LogP contribution in [0.1, 0.15) is 62.6 Å². The minimum atomic E-state index is 0. The number of quaternary nitrogens is 1. The fraction of sp³-hybridized carbons (Fsp3) is 0.536. The van der Waals surface area contributed by atoms with Crippen LogP contribution in [0.2, 0.25) is 0 Å².